The van der Waals surface area contributed by atoms with Crippen molar-refractivity contribution in [2.75, 3.05) is 25.1 Å². The first-order valence-electron chi connectivity index (χ1n) is 10.4. The van der Waals surface area contributed by atoms with Gasteiger partial charge in [-0.2, -0.15) is 0 Å². The van der Waals surface area contributed by atoms with E-state index in [2.05, 4.69) is 0 Å². The van der Waals surface area contributed by atoms with E-state index in [1.165, 1.54) is 11.3 Å². The number of thiophene rings is 1. The van der Waals surface area contributed by atoms with Crippen molar-refractivity contribution in [1.29, 1.82) is 0 Å². The zero-order valence-electron chi connectivity index (χ0n) is 17.5. The van der Waals surface area contributed by atoms with E-state index in [0.29, 0.717) is 18.7 Å². The van der Waals surface area contributed by atoms with Gasteiger partial charge < -0.3 is 19.6 Å². The molecule has 1 aromatic heterocycles. The number of aliphatic hydroxyl groups excluding tert-OH is 1. The minimum Gasteiger partial charge on any atom is -0.507 e. The molecule has 3 heterocycles. The molecule has 1 fully saturated rings. The van der Waals surface area contributed by atoms with Crippen molar-refractivity contribution in [3.63, 3.8) is 0 Å². The molecule has 3 aromatic rings. The van der Waals surface area contributed by atoms with Gasteiger partial charge in [0.15, 0.2) is 0 Å². The normalized spacial score (nSPS) is 19.7. The molecule has 2 aliphatic heterocycles. The van der Waals surface area contributed by atoms with E-state index in [4.69, 9.17) is 4.74 Å². The predicted molar refractivity (Wildman–Crippen MR) is 124 cm³/mol. The quantitative estimate of drug-likeness (QED) is 0.370. The van der Waals surface area contributed by atoms with Gasteiger partial charge in [-0.1, -0.05) is 36.4 Å². The number of likely N-dealkylation sites (tertiary alicyclic amines) is 1. The van der Waals surface area contributed by atoms with Gasteiger partial charge in [0.2, 0.25) is 0 Å². The molecule has 6 nitrogen and oxygen atoms in total. The predicted octanol–water partition coefficient (Wildman–Crippen LogP) is 4.20. The highest BCUT2D eigenvalue weighted by Crippen LogP contribution is 2.42. The maximum absolute atomic E-state index is 13.2. The van der Waals surface area contributed by atoms with E-state index in [9.17, 15) is 14.7 Å². The van der Waals surface area contributed by atoms with E-state index in [0.717, 1.165) is 28.4 Å². The van der Waals surface area contributed by atoms with Crippen LogP contribution in [-0.4, -0.2) is 41.9 Å². The van der Waals surface area contributed by atoms with Crippen molar-refractivity contribution in [3.05, 3.63) is 87.6 Å². The lowest BCUT2D eigenvalue weighted by Gasteiger charge is -2.28. The van der Waals surface area contributed by atoms with E-state index in [-0.39, 0.29) is 11.3 Å². The molecule has 1 N–H and O–H groups in total. The number of benzene rings is 2. The second-order valence-electron chi connectivity index (χ2n) is 7.87. The summed E-state index contributed by atoms with van der Waals surface area (Å²) in [4.78, 5) is 30.8. The molecule has 0 saturated carbocycles. The fourth-order valence-electron chi connectivity index (χ4n) is 4.25. The number of ketones is 1. The highest BCUT2D eigenvalue weighted by Gasteiger charge is 2.46. The van der Waals surface area contributed by atoms with Gasteiger partial charge in [-0.05, 0) is 35.2 Å². The molecule has 1 atom stereocenters. The molecule has 32 heavy (non-hydrogen) atoms. The lowest BCUT2D eigenvalue weighted by atomic mass is 9.95. The number of aliphatic hydroxyl groups is 1. The smallest absolute Gasteiger partial charge is 0.295 e. The first kappa shape index (κ1) is 20.3. The van der Waals surface area contributed by atoms with Gasteiger partial charge >= 0.3 is 0 Å². The third kappa shape index (κ3) is 3.44. The average Bonchev–Trinajstić information content (AvgIpc) is 3.42. The Morgan fingerprint density at radius 2 is 1.94 bits per heavy atom. The fraction of sp³-hybridized carbons (Fsp3) is 0.200. The zero-order valence-corrected chi connectivity index (χ0v) is 18.3. The molecule has 1 amide bonds. The lowest BCUT2D eigenvalue weighted by molar-refractivity contribution is -0.140. The van der Waals surface area contributed by atoms with Crippen LogP contribution in [0.3, 0.4) is 0 Å². The molecule has 1 saturated heterocycles. The Morgan fingerprint density at radius 3 is 2.69 bits per heavy atom. The molecule has 2 aliphatic rings. The monoisotopic (exact) mass is 446 g/mol. The molecule has 0 aliphatic carbocycles. The number of hydrogen-bond acceptors (Lipinski definition) is 6. The van der Waals surface area contributed by atoms with Crippen LogP contribution in [0.5, 0.6) is 5.75 Å². The Kier molecular flexibility index (Phi) is 5.19. The molecule has 0 bridgehead atoms. The summed E-state index contributed by atoms with van der Waals surface area (Å²) >= 11 is 1.53. The van der Waals surface area contributed by atoms with Crippen LogP contribution in [0, 0.1) is 0 Å². The Bertz CT molecular complexity index is 1200. The number of hydrogen-bond donors (Lipinski definition) is 1. The van der Waals surface area contributed by atoms with E-state index < -0.39 is 17.7 Å². The summed E-state index contributed by atoms with van der Waals surface area (Å²) in [5.41, 5.74) is 2.21. The lowest BCUT2D eigenvalue weighted by Crippen LogP contribution is -2.29. The van der Waals surface area contributed by atoms with Crippen molar-refractivity contribution in [1.82, 2.24) is 4.90 Å². The molecule has 0 radical (unpaired) electrons. The molecule has 0 spiro atoms. The third-order valence-corrected chi connectivity index (χ3v) is 6.75. The molecule has 2 aromatic carbocycles. The first-order valence-corrected chi connectivity index (χ1v) is 11.3. The molecule has 7 heteroatoms. The number of likely N-dealkylation sites (N-methyl/N-ethyl adjacent to an activating group) is 1. The van der Waals surface area contributed by atoms with Crippen molar-refractivity contribution >= 4 is 34.5 Å². The number of fused-ring (bicyclic) bond motifs is 1. The van der Waals surface area contributed by atoms with Gasteiger partial charge in [-0.25, -0.2) is 0 Å². The van der Waals surface area contributed by atoms with Crippen molar-refractivity contribution in [2.24, 2.45) is 0 Å². The van der Waals surface area contributed by atoms with Crippen LogP contribution in [0.25, 0.3) is 5.76 Å². The van der Waals surface area contributed by atoms with Gasteiger partial charge in [0.05, 0.1) is 30.4 Å². The SMILES string of the molecule is CN1CCOc2ccc(/C(O)=C3/C(=O)C(=O)N(Cc4cccs4)C3c3ccccc3)cc21. The maximum Gasteiger partial charge on any atom is 0.295 e. The average molecular weight is 447 g/mol. The van der Waals surface area contributed by atoms with Gasteiger partial charge in [-0.3, -0.25) is 9.59 Å². The van der Waals surface area contributed by atoms with Crippen LogP contribution < -0.4 is 9.64 Å². The second-order valence-corrected chi connectivity index (χ2v) is 8.90. The third-order valence-electron chi connectivity index (χ3n) is 5.89. The topological polar surface area (TPSA) is 70.1 Å². The maximum atomic E-state index is 13.2. The van der Waals surface area contributed by atoms with Crippen molar-refractivity contribution < 1.29 is 19.4 Å². The number of carbonyl (C=O) groups excluding carboxylic acids is 2. The second kappa shape index (κ2) is 8.16. The number of ether oxygens (including phenoxy) is 1. The molecule has 1 unspecified atom stereocenters. The van der Waals surface area contributed by atoms with E-state index in [1.807, 2.05) is 59.8 Å². The van der Waals surface area contributed by atoms with Crippen LogP contribution >= 0.6 is 11.3 Å². The van der Waals surface area contributed by atoms with Gasteiger partial charge in [0, 0.05) is 17.5 Å². The minimum absolute atomic E-state index is 0.108. The molecular weight excluding hydrogens is 424 g/mol. The first-order chi connectivity index (χ1) is 15.5. The van der Waals surface area contributed by atoms with Gasteiger partial charge in [-0.15, -0.1) is 11.3 Å². The van der Waals surface area contributed by atoms with Crippen LogP contribution in [0.1, 0.15) is 22.0 Å². The number of Topliss-reactive ketones (excluding diaryl/α,β-unsaturated/α-hetero) is 1. The van der Waals surface area contributed by atoms with Crippen LogP contribution in [0.2, 0.25) is 0 Å². The standard InChI is InChI=1S/C25H22N2O4S/c1-26-11-12-31-20-10-9-17(14-19(20)26)23(28)21-22(16-6-3-2-4-7-16)27(25(30)24(21)29)15-18-8-5-13-32-18/h2-10,13-14,22,28H,11-12,15H2,1H3/b23-21-. The summed E-state index contributed by atoms with van der Waals surface area (Å²) in [6.45, 7) is 1.63. The molecule has 5 rings (SSSR count). The Morgan fingerprint density at radius 1 is 1.12 bits per heavy atom. The van der Waals surface area contributed by atoms with Crippen molar-refractivity contribution in [2.45, 2.75) is 12.6 Å². The van der Waals surface area contributed by atoms with Crippen LogP contribution in [-0.2, 0) is 16.1 Å². The fourth-order valence-corrected chi connectivity index (χ4v) is 4.95. The Balaban J connectivity index is 1.63. The minimum atomic E-state index is -0.671. The van der Waals surface area contributed by atoms with E-state index >= 15 is 0 Å². The molecular formula is C25H22N2O4S. The Labute approximate surface area is 190 Å². The number of carbonyl (C=O) groups is 2. The summed E-state index contributed by atoms with van der Waals surface area (Å²) in [5, 5.41) is 13.2. The van der Waals surface area contributed by atoms with Crippen molar-refractivity contribution in [3.8, 4) is 5.75 Å². The summed E-state index contributed by atoms with van der Waals surface area (Å²) in [6, 6.07) is 17.9. The summed E-state index contributed by atoms with van der Waals surface area (Å²) in [6.07, 6.45) is 0. The van der Waals surface area contributed by atoms with Gasteiger partial charge in [0.25, 0.3) is 11.7 Å². The van der Waals surface area contributed by atoms with Gasteiger partial charge in [0.1, 0.15) is 18.1 Å². The number of nitrogens with zero attached hydrogens (tertiary/aromatic N) is 2. The summed E-state index contributed by atoms with van der Waals surface area (Å²) in [7, 11) is 1.95. The Hall–Kier alpha value is -3.58. The summed E-state index contributed by atoms with van der Waals surface area (Å²) in [5.74, 6) is -0.719. The number of amides is 1. The highest BCUT2D eigenvalue weighted by molar-refractivity contribution is 7.09. The molecule has 162 valence electrons. The van der Waals surface area contributed by atoms with E-state index in [1.54, 1.807) is 23.1 Å². The highest BCUT2D eigenvalue weighted by atomic mass is 32.1. The zero-order chi connectivity index (χ0) is 22.2. The number of anilines is 1. The largest absolute Gasteiger partial charge is 0.507 e. The van der Waals surface area contributed by atoms with Crippen LogP contribution in [0.4, 0.5) is 5.69 Å². The van der Waals surface area contributed by atoms with Crippen LogP contribution in [0.15, 0.2) is 71.6 Å². The number of rotatable bonds is 4. The summed E-state index contributed by atoms with van der Waals surface area (Å²) < 4.78 is 5.69.